The van der Waals surface area contributed by atoms with Gasteiger partial charge < -0.3 is 9.47 Å². The van der Waals surface area contributed by atoms with Crippen molar-refractivity contribution in [2.75, 3.05) is 4.90 Å². The summed E-state index contributed by atoms with van der Waals surface area (Å²) >= 11 is 0. The van der Waals surface area contributed by atoms with Crippen LogP contribution >= 0.6 is 0 Å². The molecule has 0 N–H and O–H groups in total. The quantitative estimate of drug-likeness (QED) is 0.181. The molecule has 0 bridgehead atoms. The molecule has 1 heterocycles. The van der Waals surface area contributed by atoms with Crippen LogP contribution in [0.1, 0.15) is 0 Å². The molecule has 0 saturated heterocycles. The van der Waals surface area contributed by atoms with Crippen molar-refractivity contribution in [2.45, 2.75) is 0 Å². The van der Waals surface area contributed by atoms with Crippen LogP contribution in [-0.4, -0.2) is 4.57 Å². The van der Waals surface area contributed by atoms with E-state index in [9.17, 15) is 0 Å². The van der Waals surface area contributed by atoms with E-state index in [1.54, 1.807) is 0 Å². The zero-order valence-corrected chi connectivity index (χ0v) is 26.4. The average Bonchev–Trinajstić information content (AvgIpc) is 3.50. The van der Waals surface area contributed by atoms with Gasteiger partial charge in [-0.05, 0) is 99.8 Å². The van der Waals surface area contributed by atoms with Crippen LogP contribution in [0.25, 0.3) is 60.5 Å². The van der Waals surface area contributed by atoms with Crippen LogP contribution in [0.5, 0.6) is 0 Å². The lowest BCUT2D eigenvalue weighted by atomic mass is 9.91. The monoisotopic (exact) mass is 612 g/mol. The predicted octanol–water partition coefficient (Wildman–Crippen LogP) is 12.7. The summed E-state index contributed by atoms with van der Waals surface area (Å²) in [7, 11) is 0. The lowest BCUT2D eigenvalue weighted by molar-refractivity contribution is 1.18. The molecule has 0 spiro atoms. The molecule has 0 aliphatic rings. The molecule has 226 valence electrons. The molecule has 2 nitrogen and oxygen atoms in total. The first-order valence-electron chi connectivity index (χ1n) is 16.4. The Hall–Kier alpha value is -6.38. The van der Waals surface area contributed by atoms with Gasteiger partial charge in [0.2, 0.25) is 0 Å². The third-order valence-corrected chi connectivity index (χ3v) is 9.37. The first kappa shape index (κ1) is 27.9. The highest BCUT2D eigenvalue weighted by atomic mass is 15.1. The van der Waals surface area contributed by atoms with Crippen molar-refractivity contribution in [1.29, 1.82) is 0 Å². The molecule has 2 heteroatoms. The topological polar surface area (TPSA) is 8.17 Å². The minimum absolute atomic E-state index is 1.12. The fourth-order valence-corrected chi connectivity index (χ4v) is 7.21. The van der Waals surface area contributed by atoms with Gasteiger partial charge in [0.1, 0.15) is 0 Å². The highest BCUT2D eigenvalue weighted by Gasteiger charge is 2.16. The van der Waals surface area contributed by atoms with E-state index in [0.717, 1.165) is 17.1 Å². The summed E-state index contributed by atoms with van der Waals surface area (Å²) in [6, 6.07) is 69.8. The van der Waals surface area contributed by atoms with Gasteiger partial charge >= 0.3 is 0 Å². The van der Waals surface area contributed by atoms with Gasteiger partial charge in [-0.2, -0.15) is 0 Å². The van der Waals surface area contributed by atoms with Crippen molar-refractivity contribution in [3.8, 4) is 27.9 Å². The zero-order valence-electron chi connectivity index (χ0n) is 26.4. The van der Waals surface area contributed by atoms with Gasteiger partial charge in [0.15, 0.2) is 0 Å². The molecule has 9 aromatic rings. The second-order valence-corrected chi connectivity index (χ2v) is 12.2. The van der Waals surface area contributed by atoms with Crippen molar-refractivity contribution in [3.63, 3.8) is 0 Å². The molecule has 48 heavy (non-hydrogen) atoms. The summed E-state index contributed by atoms with van der Waals surface area (Å²) in [5.74, 6) is 0. The van der Waals surface area contributed by atoms with E-state index in [0.29, 0.717) is 0 Å². The van der Waals surface area contributed by atoms with Crippen molar-refractivity contribution in [1.82, 2.24) is 4.57 Å². The van der Waals surface area contributed by atoms with Gasteiger partial charge in [0, 0.05) is 33.5 Å². The van der Waals surface area contributed by atoms with E-state index in [1.807, 2.05) is 0 Å². The van der Waals surface area contributed by atoms with Crippen LogP contribution in [0, 0.1) is 0 Å². The predicted molar refractivity (Wildman–Crippen MR) is 204 cm³/mol. The molecule has 0 amide bonds. The fourth-order valence-electron chi connectivity index (χ4n) is 7.21. The number of fused-ring (bicyclic) bond motifs is 4. The molecular formula is C46H32N2. The van der Waals surface area contributed by atoms with Gasteiger partial charge in [-0.1, -0.05) is 127 Å². The van der Waals surface area contributed by atoms with Crippen LogP contribution in [0.2, 0.25) is 0 Å². The van der Waals surface area contributed by atoms with Gasteiger partial charge in [-0.15, -0.1) is 0 Å². The van der Waals surface area contributed by atoms with Crippen LogP contribution in [0.15, 0.2) is 194 Å². The lowest BCUT2D eigenvalue weighted by Crippen LogP contribution is -2.09. The number of anilines is 3. The van der Waals surface area contributed by atoms with Crippen molar-refractivity contribution in [3.05, 3.63) is 194 Å². The van der Waals surface area contributed by atoms with Crippen LogP contribution in [-0.2, 0) is 0 Å². The summed E-state index contributed by atoms with van der Waals surface area (Å²) in [6.07, 6.45) is 0. The Bertz CT molecular complexity index is 2490. The number of aromatic nitrogens is 1. The summed E-state index contributed by atoms with van der Waals surface area (Å²) in [4.78, 5) is 2.30. The van der Waals surface area contributed by atoms with E-state index >= 15 is 0 Å². The molecular weight excluding hydrogens is 581 g/mol. The van der Waals surface area contributed by atoms with Crippen LogP contribution < -0.4 is 4.90 Å². The SMILES string of the molecule is c1ccc(N(c2ccccc2)c2ccc(-c3cccc4cccc(-c5ccc6c(c5)c5ccccc5n6-c5ccccc5)c34)cc2)cc1. The highest BCUT2D eigenvalue weighted by Crippen LogP contribution is 2.41. The molecule has 8 aromatic carbocycles. The Balaban J connectivity index is 1.18. The largest absolute Gasteiger partial charge is 0.311 e. The number of rotatable bonds is 6. The number of nitrogens with zero attached hydrogens (tertiary/aromatic N) is 2. The van der Waals surface area contributed by atoms with Crippen molar-refractivity contribution in [2.24, 2.45) is 0 Å². The second kappa shape index (κ2) is 11.8. The third-order valence-electron chi connectivity index (χ3n) is 9.37. The fraction of sp³-hybridized carbons (Fsp3) is 0. The van der Waals surface area contributed by atoms with Gasteiger partial charge in [0.05, 0.1) is 11.0 Å². The zero-order chi connectivity index (χ0) is 31.9. The van der Waals surface area contributed by atoms with Crippen LogP contribution in [0.4, 0.5) is 17.1 Å². The van der Waals surface area contributed by atoms with E-state index in [1.165, 1.54) is 60.5 Å². The number of hydrogen-bond acceptors (Lipinski definition) is 1. The van der Waals surface area contributed by atoms with Gasteiger partial charge in [0.25, 0.3) is 0 Å². The molecule has 0 atom stereocenters. The van der Waals surface area contributed by atoms with Crippen LogP contribution in [0.3, 0.4) is 0 Å². The minimum atomic E-state index is 1.12. The maximum Gasteiger partial charge on any atom is 0.0541 e. The Morgan fingerprint density at radius 3 is 1.54 bits per heavy atom. The Morgan fingerprint density at radius 1 is 0.354 bits per heavy atom. The second-order valence-electron chi connectivity index (χ2n) is 12.2. The van der Waals surface area contributed by atoms with E-state index in [2.05, 4.69) is 204 Å². The first-order chi connectivity index (χ1) is 23.8. The molecule has 0 fully saturated rings. The summed E-state index contributed by atoms with van der Waals surface area (Å²) in [5.41, 5.74) is 11.9. The molecule has 0 saturated carbocycles. The summed E-state index contributed by atoms with van der Waals surface area (Å²) < 4.78 is 2.37. The third kappa shape index (κ3) is 4.74. The van der Waals surface area contributed by atoms with Gasteiger partial charge in [-0.3, -0.25) is 0 Å². The highest BCUT2D eigenvalue weighted by molar-refractivity contribution is 6.12. The average molecular weight is 613 g/mol. The number of hydrogen-bond donors (Lipinski definition) is 0. The maximum absolute atomic E-state index is 2.38. The van der Waals surface area contributed by atoms with Crippen molar-refractivity contribution < 1.29 is 0 Å². The Kier molecular flexibility index (Phi) is 6.84. The minimum Gasteiger partial charge on any atom is -0.311 e. The number of benzene rings is 8. The lowest BCUT2D eigenvalue weighted by Gasteiger charge is -2.25. The Labute approximate surface area is 280 Å². The van der Waals surface area contributed by atoms with E-state index in [-0.39, 0.29) is 0 Å². The number of para-hydroxylation sites is 4. The molecule has 0 radical (unpaired) electrons. The summed E-state index contributed by atoms with van der Waals surface area (Å²) in [5, 5.41) is 5.02. The molecule has 1 aromatic heterocycles. The molecule has 0 unspecified atom stereocenters. The first-order valence-corrected chi connectivity index (χ1v) is 16.4. The van der Waals surface area contributed by atoms with E-state index < -0.39 is 0 Å². The smallest absolute Gasteiger partial charge is 0.0541 e. The maximum atomic E-state index is 2.38. The standard InChI is InChI=1S/C46H32N2/c1-4-16-36(17-5-1)47(37-18-6-2-7-19-37)39-29-26-33(27-30-39)40-23-12-14-34-15-13-24-41(46(34)40)35-28-31-45-43(32-35)42-22-10-11-25-44(42)48(45)38-20-8-3-9-21-38/h1-32H. The molecule has 0 aliphatic carbocycles. The van der Waals surface area contributed by atoms with Gasteiger partial charge in [-0.25, -0.2) is 0 Å². The Morgan fingerprint density at radius 2 is 0.875 bits per heavy atom. The molecule has 0 aliphatic heterocycles. The van der Waals surface area contributed by atoms with Crippen molar-refractivity contribution >= 4 is 49.6 Å². The van der Waals surface area contributed by atoms with E-state index in [4.69, 9.17) is 0 Å². The summed E-state index contributed by atoms with van der Waals surface area (Å²) in [6.45, 7) is 0. The normalized spacial score (nSPS) is 11.3. The molecule has 9 rings (SSSR count).